The van der Waals surface area contributed by atoms with E-state index in [4.69, 9.17) is 9.97 Å². The lowest BCUT2D eigenvalue weighted by atomic mass is 10.2. The number of piperazine rings is 1. The molecule has 1 N–H and O–H groups in total. The molecule has 0 spiro atoms. The molecule has 1 aliphatic heterocycles. The van der Waals surface area contributed by atoms with E-state index in [1.807, 2.05) is 29.0 Å². The van der Waals surface area contributed by atoms with Gasteiger partial charge >= 0.3 is 0 Å². The van der Waals surface area contributed by atoms with Gasteiger partial charge in [-0.1, -0.05) is 12.1 Å². The molecule has 140 valence electrons. The molecular weight excluding hydrogens is 355 g/mol. The number of rotatable bonds is 3. The third-order valence-corrected chi connectivity index (χ3v) is 4.98. The van der Waals surface area contributed by atoms with E-state index >= 15 is 0 Å². The summed E-state index contributed by atoms with van der Waals surface area (Å²) in [5.74, 6) is 0.906. The van der Waals surface area contributed by atoms with E-state index in [9.17, 15) is 4.39 Å². The molecule has 0 unspecified atom stereocenters. The first kappa shape index (κ1) is 16.8. The van der Waals surface area contributed by atoms with Crippen LogP contribution in [0.5, 0.6) is 0 Å². The zero-order chi connectivity index (χ0) is 18.9. The molecule has 0 radical (unpaired) electrons. The molecule has 3 aromatic heterocycles. The number of halogens is 1. The van der Waals surface area contributed by atoms with Crippen molar-refractivity contribution in [3.8, 4) is 17.1 Å². The highest BCUT2D eigenvalue weighted by molar-refractivity contribution is 5.91. The van der Waals surface area contributed by atoms with E-state index < -0.39 is 0 Å². The summed E-state index contributed by atoms with van der Waals surface area (Å²) in [6.45, 7) is 3.48. The minimum Gasteiger partial charge on any atom is -0.353 e. The Bertz CT molecular complexity index is 1120. The zero-order valence-electron chi connectivity index (χ0n) is 15.2. The van der Waals surface area contributed by atoms with Gasteiger partial charge in [-0.25, -0.2) is 14.4 Å². The van der Waals surface area contributed by atoms with Crippen molar-refractivity contribution in [2.24, 2.45) is 0 Å². The number of aromatic nitrogens is 4. The molecule has 1 saturated heterocycles. The van der Waals surface area contributed by atoms with Crippen LogP contribution in [-0.4, -0.2) is 45.7 Å². The fourth-order valence-corrected chi connectivity index (χ4v) is 3.58. The van der Waals surface area contributed by atoms with Gasteiger partial charge in [0.05, 0.1) is 22.8 Å². The lowest BCUT2D eigenvalue weighted by molar-refractivity contribution is 0.586. The molecular formula is C21H19FN6. The SMILES string of the molecule is Fc1ccccc1-c1nc(N2CCNCC2)c2ccn(-c3cccnc3)c2n1. The second-order valence-corrected chi connectivity index (χ2v) is 6.72. The largest absolute Gasteiger partial charge is 0.353 e. The van der Waals surface area contributed by atoms with Crippen LogP contribution < -0.4 is 10.2 Å². The number of hydrogen-bond acceptors (Lipinski definition) is 5. The van der Waals surface area contributed by atoms with Gasteiger partial charge in [0.2, 0.25) is 0 Å². The molecule has 0 atom stereocenters. The van der Waals surface area contributed by atoms with E-state index in [1.165, 1.54) is 6.07 Å². The van der Waals surface area contributed by atoms with Crippen molar-refractivity contribution < 1.29 is 4.39 Å². The fraction of sp³-hybridized carbons (Fsp3) is 0.190. The Morgan fingerprint density at radius 3 is 2.61 bits per heavy atom. The molecule has 1 aromatic carbocycles. The Balaban J connectivity index is 1.75. The normalized spacial score (nSPS) is 14.5. The quantitative estimate of drug-likeness (QED) is 0.597. The van der Waals surface area contributed by atoms with Crippen molar-refractivity contribution >= 4 is 16.9 Å². The highest BCUT2D eigenvalue weighted by Gasteiger charge is 2.20. The molecule has 7 heteroatoms. The van der Waals surface area contributed by atoms with Gasteiger partial charge in [0.15, 0.2) is 11.5 Å². The maximum atomic E-state index is 14.5. The minimum absolute atomic E-state index is 0.326. The Morgan fingerprint density at radius 1 is 0.964 bits per heavy atom. The lowest BCUT2D eigenvalue weighted by Gasteiger charge is -2.29. The van der Waals surface area contributed by atoms with Crippen LogP contribution in [0.3, 0.4) is 0 Å². The Kier molecular flexibility index (Phi) is 4.21. The maximum absolute atomic E-state index is 14.5. The van der Waals surface area contributed by atoms with Crippen LogP contribution in [0.25, 0.3) is 28.1 Å². The average molecular weight is 374 g/mol. The number of nitrogens with zero attached hydrogens (tertiary/aromatic N) is 5. The van der Waals surface area contributed by atoms with Crippen molar-refractivity contribution in [2.45, 2.75) is 0 Å². The van der Waals surface area contributed by atoms with Crippen LogP contribution >= 0.6 is 0 Å². The Morgan fingerprint density at radius 2 is 1.82 bits per heavy atom. The smallest absolute Gasteiger partial charge is 0.166 e. The molecule has 6 nitrogen and oxygen atoms in total. The van der Waals surface area contributed by atoms with Gasteiger partial charge in [0.1, 0.15) is 11.6 Å². The van der Waals surface area contributed by atoms with Crippen molar-refractivity contribution in [3.63, 3.8) is 0 Å². The minimum atomic E-state index is -0.326. The number of anilines is 1. The van der Waals surface area contributed by atoms with Crippen LogP contribution in [0.15, 0.2) is 61.1 Å². The summed E-state index contributed by atoms with van der Waals surface area (Å²) < 4.78 is 16.5. The molecule has 4 aromatic rings. The van der Waals surface area contributed by atoms with E-state index in [1.54, 1.807) is 30.6 Å². The topological polar surface area (TPSA) is 58.9 Å². The first-order valence-corrected chi connectivity index (χ1v) is 9.31. The first-order chi connectivity index (χ1) is 13.8. The molecule has 1 aliphatic rings. The van der Waals surface area contributed by atoms with E-state index in [-0.39, 0.29) is 5.82 Å². The number of pyridine rings is 1. The third-order valence-electron chi connectivity index (χ3n) is 4.98. The second kappa shape index (κ2) is 7.01. The van der Waals surface area contributed by atoms with Gasteiger partial charge in [0, 0.05) is 38.6 Å². The van der Waals surface area contributed by atoms with Crippen LogP contribution in [0.2, 0.25) is 0 Å². The van der Waals surface area contributed by atoms with Crippen LogP contribution in [0, 0.1) is 5.82 Å². The van der Waals surface area contributed by atoms with Gasteiger partial charge in [0.25, 0.3) is 0 Å². The molecule has 1 fully saturated rings. The highest BCUT2D eigenvalue weighted by Crippen LogP contribution is 2.31. The molecule has 0 saturated carbocycles. The van der Waals surface area contributed by atoms with Crippen molar-refractivity contribution in [3.05, 3.63) is 66.9 Å². The molecule has 0 aliphatic carbocycles. The second-order valence-electron chi connectivity index (χ2n) is 6.72. The van der Waals surface area contributed by atoms with Gasteiger partial charge in [-0.2, -0.15) is 0 Å². The van der Waals surface area contributed by atoms with E-state index in [0.717, 1.165) is 48.7 Å². The van der Waals surface area contributed by atoms with Gasteiger partial charge in [-0.15, -0.1) is 0 Å². The van der Waals surface area contributed by atoms with Gasteiger partial charge in [-0.3, -0.25) is 9.55 Å². The Hall–Kier alpha value is -3.32. The summed E-state index contributed by atoms with van der Waals surface area (Å²) in [5.41, 5.74) is 2.05. The zero-order valence-corrected chi connectivity index (χ0v) is 15.2. The van der Waals surface area contributed by atoms with E-state index in [2.05, 4.69) is 15.2 Å². The summed E-state index contributed by atoms with van der Waals surface area (Å²) in [6.07, 6.45) is 5.49. The molecule has 28 heavy (non-hydrogen) atoms. The van der Waals surface area contributed by atoms with Crippen molar-refractivity contribution in [1.29, 1.82) is 0 Å². The number of benzene rings is 1. The van der Waals surface area contributed by atoms with Gasteiger partial charge < -0.3 is 10.2 Å². The molecule has 4 heterocycles. The lowest BCUT2D eigenvalue weighted by Crippen LogP contribution is -2.44. The standard InChI is InChI=1S/C21H19FN6/c22-18-6-2-1-5-16(18)19-25-20(27-12-9-23-10-13-27)17-7-11-28(21(17)26-19)15-4-3-8-24-14-15/h1-8,11,14,23H,9-10,12-13H2. The summed E-state index contributed by atoms with van der Waals surface area (Å²) >= 11 is 0. The van der Waals surface area contributed by atoms with Crippen molar-refractivity contribution in [2.75, 3.05) is 31.1 Å². The predicted molar refractivity (Wildman–Crippen MR) is 107 cm³/mol. The fourth-order valence-electron chi connectivity index (χ4n) is 3.58. The van der Waals surface area contributed by atoms with Crippen LogP contribution in [0.4, 0.5) is 10.2 Å². The molecule has 0 amide bonds. The third kappa shape index (κ3) is 2.90. The van der Waals surface area contributed by atoms with Crippen LogP contribution in [0.1, 0.15) is 0 Å². The summed E-state index contributed by atoms with van der Waals surface area (Å²) in [6, 6.07) is 12.5. The number of nitrogens with one attached hydrogen (secondary N) is 1. The van der Waals surface area contributed by atoms with Gasteiger partial charge in [-0.05, 0) is 30.3 Å². The molecule has 0 bridgehead atoms. The number of hydrogen-bond donors (Lipinski definition) is 1. The predicted octanol–water partition coefficient (Wildman–Crippen LogP) is 3.03. The van der Waals surface area contributed by atoms with Crippen molar-refractivity contribution in [1.82, 2.24) is 24.8 Å². The number of fused-ring (bicyclic) bond motifs is 1. The maximum Gasteiger partial charge on any atom is 0.166 e. The summed E-state index contributed by atoms with van der Waals surface area (Å²) in [4.78, 5) is 16.0. The van der Waals surface area contributed by atoms with Crippen LogP contribution in [-0.2, 0) is 0 Å². The average Bonchev–Trinajstić information content (AvgIpc) is 3.19. The monoisotopic (exact) mass is 374 g/mol. The highest BCUT2D eigenvalue weighted by atomic mass is 19.1. The summed E-state index contributed by atoms with van der Waals surface area (Å²) in [5, 5.41) is 4.31. The molecule has 5 rings (SSSR count). The van der Waals surface area contributed by atoms with E-state index in [0.29, 0.717) is 11.4 Å². The Labute approximate surface area is 161 Å². The summed E-state index contributed by atoms with van der Waals surface area (Å²) in [7, 11) is 0. The first-order valence-electron chi connectivity index (χ1n) is 9.31.